The normalized spacial score (nSPS) is 11.2. The first kappa shape index (κ1) is 12.7. The van der Waals surface area contributed by atoms with Gasteiger partial charge in [-0.25, -0.2) is 4.98 Å². The molecule has 2 heterocycles. The van der Waals surface area contributed by atoms with Crippen molar-refractivity contribution in [1.29, 1.82) is 0 Å². The number of imidazole rings is 1. The van der Waals surface area contributed by atoms with Crippen LogP contribution in [-0.2, 0) is 6.54 Å². The number of nitrogens with zero attached hydrogens (tertiary/aromatic N) is 3. The van der Waals surface area contributed by atoms with Gasteiger partial charge in [-0.3, -0.25) is 9.20 Å². The molecule has 0 bridgehead atoms. The van der Waals surface area contributed by atoms with Crippen molar-refractivity contribution >= 4 is 5.78 Å². The van der Waals surface area contributed by atoms with Crippen molar-refractivity contribution in [3.63, 3.8) is 0 Å². The SMILES string of the molecule is CCn1c(C)cc(=O)n2cc(-c3ccc(C)cc3)nc12. The molecule has 4 nitrogen and oxygen atoms in total. The molecule has 0 N–H and O–H groups in total. The minimum atomic E-state index is -0.0342. The van der Waals surface area contributed by atoms with Crippen molar-refractivity contribution in [3.05, 3.63) is 58.1 Å². The van der Waals surface area contributed by atoms with Crippen molar-refractivity contribution in [2.45, 2.75) is 27.3 Å². The summed E-state index contributed by atoms with van der Waals surface area (Å²) in [6.07, 6.45) is 1.81. The van der Waals surface area contributed by atoms with Gasteiger partial charge in [-0.2, -0.15) is 0 Å². The summed E-state index contributed by atoms with van der Waals surface area (Å²) in [5.41, 5.74) is 3.97. The molecule has 20 heavy (non-hydrogen) atoms. The molecule has 0 atom stereocenters. The first-order valence-corrected chi connectivity index (χ1v) is 6.76. The molecule has 0 aliphatic carbocycles. The topological polar surface area (TPSA) is 39.3 Å². The predicted octanol–water partition coefficient (Wildman–Crippen LogP) is 2.80. The lowest BCUT2D eigenvalue weighted by Gasteiger charge is -2.08. The summed E-state index contributed by atoms with van der Waals surface area (Å²) < 4.78 is 3.66. The average molecular weight is 267 g/mol. The molecule has 3 aromatic rings. The summed E-state index contributed by atoms with van der Waals surface area (Å²) in [5, 5.41) is 0. The number of rotatable bonds is 2. The van der Waals surface area contributed by atoms with Crippen LogP contribution in [0.3, 0.4) is 0 Å². The highest BCUT2D eigenvalue weighted by Gasteiger charge is 2.10. The van der Waals surface area contributed by atoms with Gasteiger partial charge in [0.25, 0.3) is 5.56 Å². The van der Waals surface area contributed by atoms with E-state index in [9.17, 15) is 4.79 Å². The monoisotopic (exact) mass is 267 g/mol. The minimum absolute atomic E-state index is 0.0342. The quantitative estimate of drug-likeness (QED) is 0.716. The molecule has 0 aliphatic rings. The highest BCUT2D eigenvalue weighted by atomic mass is 16.1. The molecule has 2 aromatic heterocycles. The second-order valence-electron chi connectivity index (χ2n) is 5.03. The van der Waals surface area contributed by atoms with E-state index in [2.05, 4.69) is 31.0 Å². The van der Waals surface area contributed by atoms with E-state index in [0.29, 0.717) is 5.78 Å². The number of benzene rings is 1. The van der Waals surface area contributed by atoms with E-state index < -0.39 is 0 Å². The van der Waals surface area contributed by atoms with E-state index in [-0.39, 0.29) is 5.56 Å². The highest BCUT2D eigenvalue weighted by Crippen LogP contribution is 2.19. The van der Waals surface area contributed by atoms with Crippen molar-refractivity contribution in [1.82, 2.24) is 14.0 Å². The maximum absolute atomic E-state index is 12.1. The molecular formula is C16H17N3O. The van der Waals surface area contributed by atoms with Crippen molar-refractivity contribution in [2.24, 2.45) is 0 Å². The lowest BCUT2D eigenvalue weighted by Crippen LogP contribution is -2.18. The largest absolute Gasteiger partial charge is 0.316 e. The number of hydrogen-bond donors (Lipinski definition) is 0. The zero-order valence-corrected chi connectivity index (χ0v) is 11.9. The Hall–Kier alpha value is -2.36. The number of aromatic nitrogens is 3. The van der Waals surface area contributed by atoms with Gasteiger partial charge >= 0.3 is 0 Å². The molecule has 0 radical (unpaired) electrons. The van der Waals surface area contributed by atoms with Gasteiger partial charge in [-0.1, -0.05) is 29.8 Å². The average Bonchev–Trinajstić information content (AvgIpc) is 2.85. The van der Waals surface area contributed by atoms with Crippen LogP contribution >= 0.6 is 0 Å². The van der Waals surface area contributed by atoms with E-state index in [4.69, 9.17) is 0 Å². The van der Waals surface area contributed by atoms with Gasteiger partial charge in [0.2, 0.25) is 5.78 Å². The van der Waals surface area contributed by atoms with Crippen molar-refractivity contribution in [3.8, 4) is 11.3 Å². The molecule has 0 saturated heterocycles. The molecular weight excluding hydrogens is 250 g/mol. The Kier molecular flexibility index (Phi) is 2.93. The molecule has 3 rings (SSSR count). The molecule has 0 saturated carbocycles. The molecule has 102 valence electrons. The van der Waals surface area contributed by atoms with Gasteiger partial charge in [-0.05, 0) is 20.8 Å². The third kappa shape index (κ3) is 1.93. The summed E-state index contributed by atoms with van der Waals surface area (Å²) in [5.74, 6) is 0.702. The Labute approximate surface area is 117 Å². The molecule has 0 unspecified atom stereocenters. The second-order valence-corrected chi connectivity index (χ2v) is 5.03. The molecule has 0 fully saturated rings. The fourth-order valence-electron chi connectivity index (χ4n) is 2.46. The lowest BCUT2D eigenvalue weighted by molar-refractivity contribution is 0.721. The van der Waals surface area contributed by atoms with E-state index in [1.54, 1.807) is 10.5 Å². The van der Waals surface area contributed by atoms with Crippen LogP contribution in [0.15, 0.2) is 41.3 Å². The fourth-order valence-corrected chi connectivity index (χ4v) is 2.46. The molecule has 0 spiro atoms. The Morgan fingerprint density at radius 3 is 2.50 bits per heavy atom. The van der Waals surface area contributed by atoms with Crippen LogP contribution in [-0.4, -0.2) is 14.0 Å². The summed E-state index contributed by atoms with van der Waals surface area (Å²) >= 11 is 0. The van der Waals surface area contributed by atoms with Crippen LogP contribution in [0, 0.1) is 13.8 Å². The van der Waals surface area contributed by atoms with E-state index in [0.717, 1.165) is 23.5 Å². The van der Waals surface area contributed by atoms with Crippen LogP contribution in [0.1, 0.15) is 18.2 Å². The lowest BCUT2D eigenvalue weighted by atomic mass is 10.1. The van der Waals surface area contributed by atoms with E-state index in [1.807, 2.05) is 29.8 Å². The number of hydrogen-bond acceptors (Lipinski definition) is 2. The third-order valence-electron chi connectivity index (χ3n) is 3.59. The standard InChI is InChI=1S/C16H17N3O/c1-4-18-12(3)9-15(20)19-10-14(17-16(18)19)13-7-5-11(2)6-8-13/h5-10H,4H2,1-3H3. The maximum Gasteiger partial charge on any atom is 0.259 e. The van der Waals surface area contributed by atoms with Crippen LogP contribution in [0.25, 0.3) is 17.0 Å². The summed E-state index contributed by atoms with van der Waals surface area (Å²) in [4.78, 5) is 16.7. The van der Waals surface area contributed by atoms with Crippen LogP contribution in [0.5, 0.6) is 0 Å². The van der Waals surface area contributed by atoms with Gasteiger partial charge in [0.1, 0.15) is 0 Å². The Bertz CT molecular complexity index is 825. The van der Waals surface area contributed by atoms with Crippen molar-refractivity contribution in [2.75, 3.05) is 0 Å². The summed E-state index contributed by atoms with van der Waals surface area (Å²) in [6, 6.07) is 9.82. The second kappa shape index (κ2) is 4.63. The summed E-state index contributed by atoms with van der Waals surface area (Å²) in [6.45, 7) is 6.83. The minimum Gasteiger partial charge on any atom is -0.316 e. The van der Waals surface area contributed by atoms with Gasteiger partial charge in [0.15, 0.2) is 0 Å². The Morgan fingerprint density at radius 1 is 1.15 bits per heavy atom. The summed E-state index contributed by atoms with van der Waals surface area (Å²) in [7, 11) is 0. The molecule has 0 amide bonds. The molecule has 1 aromatic carbocycles. The zero-order valence-electron chi connectivity index (χ0n) is 11.9. The smallest absolute Gasteiger partial charge is 0.259 e. The highest BCUT2D eigenvalue weighted by molar-refractivity contribution is 5.61. The zero-order chi connectivity index (χ0) is 14.3. The van der Waals surface area contributed by atoms with Crippen LogP contribution in [0.4, 0.5) is 0 Å². The Balaban J connectivity index is 2.27. The fraction of sp³-hybridized carbons (Fsp3) is 0.250. The number of aryl methyl sites for hydroxylation is 3. The third-order valence-corrected chi connectivity index (χ3v) is 3.59. The van der Waals surface area contributed by atoms with E-state index >= 15 is 0 Å². The van der Waals surface area contributed by atoms with Crippen molar-refractivity contribution < 1.29 is 0 Å². The molecule has 0 aliphatic heterocycles. The first-order valence-electron chi connectivity index (χ1n) is 6.76. The van der Waals surface area contributed by atoms with Crippen LogP contribution < -0.4 is 5.56 Å². The van der Waals surface area contributed by atoms with Gasteiger partial charge in [-0.15, -0.1) is 0 Å². The Morgan fingerprint density at radius 2 is 1.85 bits per heavy atom. The first-order chi connectivity index (χ1) is 9.60. The van der Waals surface area contributed by atoms with Crippen LogP contribution in [0.2, 0.25) is 0 Å². The molecule has 4 heteroatoms. The number of fused-ring (bicyclic) bond motifs is 1. The van der Waals surface area contributed by atoms with E-state index in [1.165, 1.54) is 5.56 Å². The maximum atomic E-state index is 12.1. The predicted molar refractivity (Wildman–Crippen MR) is 80.0 cm³/mol. The van der Waals surface area contributed by atoms with Gasteiger partial charge in [0, 0.05) is 30.1 Å². The van der Waals surface area contributed by atoms with Gasteiger partial charge < -0.3 is 4.57 Å². The van der Waals surface area contributed by atoms with Gasteiger partial charge in [0.05, 0.1) is 5.69 Å².